The van der Waals surface area contributed by atoms with Gasteiger partial charge < -0.3 is 10.2 Å². The zero-order valence-electron chi connectivity index (χ0n) is 12.2. The molecule has 0 spiro atoms. The van der Waals surface area contributed by atoms with Crippen LogP contribution in [0.5, 0.6) is 0 Å². The second kappa shape index (κ2) is 7.65. The fraction of sp³-hybridized carbons (Fsp3) is 0.533. The van der Waals surface area contributed by atoms with E-state index in [1.165, 1.54) is 11.1 Å². The minimum Gasteiger partial charge on any atom is -0.342 e. The van der Waals surface area contributed by atoms with Crippen LogP contribution in [0.4, 0.5) is 0 Å². The van der Waals surface area contributed by atoms with Crippen LogP contribution in [0.15, 0.2) is 22.7 Å². The van der Waals surface area contributed by atoms with E-state index in [0.717, 1.165) is 17.6 Å². The molecule has 1 rings (SSSR count). The van der Waals surface area contributed by atoms with Gasteiger partial charge in [0.1, 0.15) is 0 Å². The van der Waals surface area contributed by atoms with Gasteiger partial charge in [-0.25, -0.2) is 0 Å². The molecular weight excluding hydrogens is 304 g/mol. The number of amides is 1. The summed E-state index contributed by atoms with van der Waals surface area (Å²) in [4.78, 5) is 14.0. The molecule has 0 aliphatic rings. The molecule has 106 valence electrons. The second-order valence-corrected chi connectivity index (χ2v) is 5.55. The van der Waals surface area contributed by atoms with Gasteiger partial charge in [-0.05, 0) is 44.9 Å². The predicted octanol–water partition coefficient (Wildman–Crippen LogP) is 3.10. The molecule has 19 heavy (non-hydrogen) atoms. The Kier molecular flexibility index (Phi) is 6.52. The van der Waals surface area contributed by atoms with Crippen LogP contribution in [-0.2, 0) is 11.3 Å². The van der Waals surface area contributed by atoms with Crippen LogP contribution in [-0.4, -0.2) is 29.9 Å². The van der Waals surface area contributed by atoms with Gasteiger partial charge in [0, 0.05) is 24.1 Å². The first kappa shape index (κ1) is 16.2. The summed E-state index contributed by atoms with van der Waals surface area (Å²) < 4.78 is 1.11. The number of nitrogens with zero attached hydrogens (tertiary/aromatic N) is 1. The molecule has 0 aliphatic carbocycles. The van der Waals surface area contributed by atoms with Crippen molar-refractivity contribution in [3.8, 4) is 0 Å². The van der Waals surface area contributed by atoms with E-state index in [1.54, 1.807) is 0 Å². The van der Waals surface area contributed by atoms with Crippen LogP contribution < -0.4 is 5.32 Å². The van der Waals surface area contributed by atoms with Gasteiger partial charge in [-0.3, -0.25) is 4.79 Å². The Morgan fingerprint density at radius 3 is 2.53 bits per heavy atom. The largest absolute Gasteiger partial charge is 0.342 e. The molecule has 0 radical (unpaired) electrons. The standard InChI is InChI=1S/C15H23BrN2O/c1-5-18(6-2)15(19)12(4)17-10-13-8-7-11(3)14(16)9-13/h7-9,12,17H,5-6,10H2,1-4H3. The van der Waals surface area contributed by atoms with Gasteiger partial charge >= 0.3 is 0 Å². The highest BCUT2D eigenvalue weighted by Crippen LogP contribution is 2.17. The summed E-state index contributed by atoms with van der Waals surface area (Å²) in [5, 5.41) is 3.28. The Labute approximate surface area is 124 Å². The number of carbonyl (C=O) groups is 1. The summed E-state index contributed by atoms with van der Waals surface area (Å²) in [5.41, 5.74) is 2.40. The Bertz CT molecular complexity index is 430. The van der Waals surface area contributed by atoms with Crippen LogP contribution in [0.1, 0.15) is 31.9 Å². The molecule has 1 atom stereocenters. The smallest absolute Gasteiger partial charge is 0.239 e. The number of likely N-dealkylation sites (N-methyl/N-ethyl adjacent to an activating group) is 1. The van der Waals surface area contributed by atoms with Crippen LogP contribution in [0.2, 0.25) is 0 Å². The number of hydrogen-bond acceptors (Lipinski definition) is 2. The highest BCUT2D eigenvalue weighted by molar-refractivity contribution is 9.10. The second-order valence-electron chi connectivity index (χ2n) is 4.70. The third kappa shape index (κ3) is 4.62. The Balaban J connectivity index is 2.56. The van der Waals surface area contributed by atoms with Gasteiger partial charge in [-0.15, -0.1) is 0 Å². The monoisotopic (exact) mass is 326 g/mol. The van der Waals surface area contributed by atoms with Crippen molar-refractivity contribution in [3.05, 3.63) is 33.8 Å². The van der Waals surface area contributed by atoms with E-state index < -0.39 is 0 Å². The lowest BCUT2D eigenvalue weighted by Gasteiger charge is -2.23. The number of carbonyl (C=O) groups excluding carboxylic acids is 1. The van der Waals surface area contributed by atoms with Crippen molar-refractivity contribution in [1.29, 1.82) is 0 Å². The van der Waals surface area contributed by atoms with E-state index >= 15 is 0 Å². The minimum absolute atomic E-state index is 0.153. The first-order valence-corrected chi connectivity index (χ1v) is 7.56. The summed E-state index contributed by atoms with van der Waals surface area (Å²) in [6, 6.07) is 6.11. The molecule has 1 aromatic rings. The molecule has 0 heterocycles. The number of rotatable bonds is 6. The number of benzene rings is 1. The van der Waals surface area contributed by atoms with E-state index in [2.05, 4.69) is 46.4 Å². The fourth-order valence-electron chi connectivity index (χ4n) is 1.91. The molecule has 0 aromatic heterocycles. The minimum atomic E-state index is -0.153. The molecule has 0 aliphatic heterocycles. The van der Waals surface area contributed by atoms with E-state index in [4.69, 9.17) is 0 Å². The molecular formula is C15H23BrN2O. The average Bonchev–Trinajstić information content (AvgIpc) is 2.41. The summed E-state index contributed by atoms with van der Waals surface area (Å²) in [5.74, 6) is 0.163. The lowest BCUT2D eigenvalue weighted by molar-refractivity contribution is -0.132. The predicted molar refractivity (Wildman–Crippen MR) is 83.1 cm³/mol. The van der Waals surface area contributed by atoms with Gasteiger partial charge in [0.2, 0.25) is 5.91 Å². The molecule has 0 fully saturated rings. The number of nitrogens with one attached hydrogen (secondary N) is 1. The van der Waals surface area contributed by atoms with Crippen LogP contribution in [0, 0.1) is 6.92 Å². The Morgan fingerprint density at radius 1 is 1.37 bits per heavy atom. The Hall–Kier alpha value is -0.870. The van der Waals surface area contributed by atoms with Crippen molar-refractivity contribution in [3.63, 3.8) is 0 Å². The SMILES string of the molecule is CCN(CC)C(=O)C(C)NCc1ccc(C)c(Br)c1. The van der Waals surface area contributed by atoms with Crippen molar-refractivity contribution in [2.75, 3.05) is 13.1 Å². The summed E-state index contributed by atoms with van der Waals surface area (Å²) in [6.07, 6.45) is 0. The molecule has 3 nitrogen and oxygen atoms in total. The van der Waals surface area contributed by atoms with Gasteiger partial charge in [0.25, 0.3) is 0 Å². The molecule has 0 saturated heterocycles. The van der Waals surface area contributed by atoms with Crippen LogP contribution in [0.25, 0.3) is 0 Å². The van der Waals surface area contributed by atoms with Gasteiger partial charge in [0.05, 0.1) is 6.04 Å². The van der Waals surface area contributed by atoms with Gasteiger partial charge in [0.15, 0.2) is 0 Å². The van der Waals surface area contributed by atoms with Crippen molar-refractivity contribution in [1.82, 2.24) is 10.2 Å². The Morgan fingerprint density at radius 2 is 2.00 bits per heavy atom. The molecule has 4 heteroatoms. The van der Waals surface area contributed by atoms with Crippen molar-refractivity contribution >= 4 is 21.8 Å². The van der Waals surface area contributed by atoms with Crippen LogP contribution >= 0.6 is 15.9 Å². The van der Waals surface area contributed by atoms with E-state index in [9.17, 15) is 4.79 Å². The molecule has 0 saturated carbocycles. The maximum Gasteiger partial charge on any atom is 0.239 e. The number of halogens is 1. The van der Waals surface area contributed by atoms with E-state index in [1.807, 2.05) is 25.7 Å². The molecule has 1 amide bonds. The highest BCUT2D eigenvalue weighted by Gasteiger charge is 2.17. The first-order valence-electron chi connectivity index (χ1n) is 6.76. The quantitative estimate of drug-likeness (QED) is 0.871. The zero-order valence-corrected chi connectivity index (χ0v) is 13.8. The number of hydrogen-bond donors (Lipinski definition) is 1. The summed E-state index contributed by atoms with van der Waals surface area (Å²) in [7, 11) is 0. The van der Waals surface area contributed by atoms with E-state index in [0.29, 0.717) is 6.54 Å². The molecule has 1 unspecified atom stereocenters. The van der Waals surface area contributed by atoms with Crippen LogP contribution in [0.3, 0.4) is 0 Å². The summed E-state index contributed by atoms with van der Waals surface area (Å²) in [6.45, 7) is 10.2. The summed E-state index contributed by atoms with van der Waals surface area (Å²) >= 11 is 3.52. The third-order valence-corrected chi connectivity index (χ3v) is 4.15. The zero-order chi connectivity index (χ0) is 14.4. The highest BCUT2D eigenvalue weighted by atomic mass is 79.9. The van der Waals surface area contributed by atoms with Crippen molar-refractivity contribution < 1.29 is 4.79 Å². The van der Waals surface area contributed by atoms with Crippen molar-refractivity contribution in [2.24, 2.45) is 0 Å². The molecule has 0 bridgehead atoms. The fourth-order valence-corrected chi connectivity index (χ4v) is 2.34. The first-order chi connectivity index (χ1) is 8.99. The lowest BCUT2D eigenvalue weighted by Crippen LogP contribution is -2.44. The lowest BCUT2D eigenvalue weighted by atomic mass is 10.1. The van der Waals surface area contributed by atoms with Gasteiger partial charge in [-0.1, -0.05) is 28.1 Å². The maximum atomic E-state index is 12.1. The van der Waals surface area contributed by atoms with Crippen molar-refractivity contribution in [2.45, 2.75) is 40.3 Å². The average molecular weight is 327 g/mol. The maximum absolute atomic E-state index is 12.1. The molecule has 1 N–H and O–H groups in total. The normalized spacial score (nSPS) is 12.3. The molecule has 1 aromatic carbocycles. The van der Waals surface area contributed by atoms with Gasteiger partial charge in [-0.2, -0.15) is 0 Å². The number of aryl methyl sites for hydroxylation is 1. The third-order valence-electron chi connectivity index (χ3n) is 3.29. The van der Waals surface area contributed by atoms with E-state index in [-0.39, 0.29) is 11.9 Å². The topological polar surface area (TPSA) is 32.3 Å².